The van der Waals surface area contributed by atoms with Crippen LogP contribution in [0.25, 0.3) is 0 Å². The zero-order valence-corrected chi connectivity index (χ0v) is 8.32. The Labute approximate surface area is 76.8 Å². The van der Waals surface area contributed by atoms with Gasteiger partial charge in [-0.3, -0.25) is 0 Å². The van der Waals surface area contributed by atoms with E-state index in [1.54, 1.807) is 11.3 Å². The molecule has 1 aliphatic rings. The SMILES string of the molecule is Cc1csc(C(C)(N)C2CC2)n1. The predicted molar refractivity (Wildman–Crippen MR) is 51.1 cm³/mol. The molecule has 1 heterocycles. The van der Waals surface area contributed by atoms with Gasteiger partial charge >= 0.3 is 0 Å². The van der Waals surface area contributed by atoms with Gasteiger partial charge in [-0.2, -0.15) is 0 Å². The van der Waals surface area contributed by atoms with Crippen LogP contribution in [0.4, 0.5) is 0 Å². The maximum atomic E-state index is 6.20. The van der Waals surface area contributed by atoms with Crippen LogP contribution in [0.2, 0.25) is 0 Å². The minimum absolute atomic E-state index is 0.168. The third-order valence-electron chi connectivity index (χ3n) is 2.51. The smallest absolute Gasteiger partial charge is 0.113 e. The van der Waals surface area contributed by atoms with Crippen molar-refractivity contribution in [1.82, 2.24) is 4.98 Å². The molecular formula is C9H14N2S. The van der Waals surface area contributed by atoms with Gasteiger partial charge in [0.15, 0.2) is 0 Å². The summed E-state index contributed by atoms with van der Waals surface area (Å²) in [5.74, 6) is 0.669. The Balaban J connectivity index is 2.27. The second kappa shape index (κ2) is 2.54. The Kier molecular flexibility index (Phi) is 1.73. The van der Waals surface area contributed by atoms with Crippen molar-refractivity contribution in [2.24, 2.45) is 11.7 Å². The fraction of sp³-hybridized carbons (Fsp3) is 0.667. The second-order valence-corrected chi connectivity index (χ2v) is 4.71. The van der Waals surface area contributed by atoms with Gasteiger partial charge in [0.1, 0.15) is 5.01 Å². The van der Waals surface area contributed by atoms with Crippen molar-refractivity contribution in [3.05, 3.63) is 16.1 Å². The van der Waals surface area contributed by atoms with E-state index < -0.39 is 0 Å². The number of aryl methyl sites for hydroxylation is 1. The molecule has 1 aromatic rings. The molecule has 0 aliphatic heterocycles. The van der Waals surface area contributed by atoms with Crippen LogP contribution in [0.3, 0.4) is 0 Å². The lowest BCUT2D eigenvalue weighted by Crippen LogP contribution is -2.35. The molecule has 0 aromatic carbocycles. The topological polar surface area (TPSA) is 38.9 Å². The number of aromatic nitrogens is 1. The summed E-state index contributed by atoms with van der Waals surface area (Å²) >= 11 is 1.69. The van der Waals surface area contributed by atoms with Gasteiger partial charge < -0.3 is 5.73 Å². The standard InChI is InChI=1S/C9H14N2S/c1-6-5-12-8(11-6)9(2,10)7-3-4-7/h5,7H,3-4,10H2,1-2H3. The number of hydrogen-bond donors (Lipinski definition) is 1. The summed E-state index contributed by atoms with van der Waals surface area (Å²) < 4.78 is 0. The van der Waals surface area contributed by atoms with Gasteiger partial charge in [-0.15, -0.1) is 11.3 Å². The molecule has 1 unspecified atom stereocenters. The molecule has 1 aliphatic carbocycles. The van der Waals surface area contributed by atoms with Crippen LogP contribution < -0.4 is 5.73 Å². The lowest BCUT2D eigenvalue weighted by Gasteiger charge is -2.20. The van der Waals surface area contributed by atoms with Crippen molar-refractivity contribution in [3.8, 4) is 0 Å². The highest BCUT2D eigenvalue weighted by atomic mass is 32.1. The van der Waals surface area contributed by atoms with Crippen molar-refractivity contribution >= 4 is 11.3 Å². The van der Waals surface area contributed by atoms with E-state index in [9.17, 15) is 0 Å². The number of hydrogen-bond acceptors (Lipinski definition) is 3. The largest absolute Gasteiger partial charge is 0.319 e. The zero-order valence-electron chi connectivity index (χ0n) is 7.50. The zero-order chi connectivity index (χ0) is 8.77. The Morgan fingerprint density at radius 2 is 2.33 bits per heavy atom. The van der Waals surface area contributed by atoms with Gasteiger partial charge in [-0.05, 0) is 32.6 Å². The van der Waals surface area contributed by atoms with Crippen LogP contribution in [0.15, 0.2) is 5.38 Å². The highest BCUT2D eigenvalue weighted by molar-refractivity contribution is 7.09. The van der Waals surface area contributed by atoms with E-state index in [1.807, 2.05) is 6.92 Å². The number of thiazole rings is 1. The van der Waals surface area contributed by atoms with Crippen LogP contribution in [0.1, 0.15) is 30.5 Å². The lowest BCUT2D eigenvalue weighted by atomic mass is 9.99. The van der Waals surface area contributed by atoms with Gasteiger partial charge in [0, 0.05) is 11.1 Å². The molecule has 2 rings (SSSR count). The van der Waals surface area contributed by atoms with Gasteiger partial charge in [0.2, 0.25) is 0 Å². The van der Waals surface area contributed by atoms with E-state index >= 15 is 0 Å². The molecule has 12 heavy (non-hydrogen) atoms. The fourth-order valence-corrected chi connectivity index (χ4v) is 2.41. The number of rotatable bonds is 2. The highest BCUT2D eigenvalue weighted by Crippen LogP contribution is 2.44. The third kappa shape index (κ3) is 1.27. The average molecular weight is 182 g/mol. The third-order valence-corrected chi connectivity index (χ3v) is 3.72. The van der Waals surface area contributed by atoms with E-state index in [1.165, 1.54) is 12.8 Å². The fourth-order valence-electron chi connectivity index (χ4n) is 1.46. The summed E-state index contributed by atoms with van der Waals surface area (Å²) in [6.45, 7) is 4.12. The Hall–Kier alpha value is -0.410. The summed E-state index contributed by atoms with van der Waals surface area (Å²) in [6, 6.07) is 0. The molecule has 2 N–H and O–H groups in total. The Bertz CT molecular complexity index is 286. The van der Waals surface area contributed by atoms with Crippen molar-refractivity contribution in [1.29, 1.82) is 0 Å². The van der Waals surface area contributed by atoms with E-state index in [0.717, 1.165) is 10.7 Å². The molecule has 1 fully saturated rings. The minimum Gasteiger partial charge on any atom is -0.319 e. The van der Waals surface area contributed by atoms with Gasteiger partial charge in [-0.1, -0.05) is 0 Å². The summed E-state index contributed by atoms with van der Waals surface area (Å²) in [6.07, 6.45) is 2.54. The van der Waals surface area contributed by atoms with Crippen LogP contribution in [-0.2, 0) is 5.54 Å². The minimum atomic E-state index is -0.168. The molecular weight excluding hydrogens is 168 g/mol. The first-order chi connectivity index (χ1) is 5.60. The van der Waals surface area contributed by atoms with Crippen molar-refractivity contribution in [3.63, 3.8) is 0 Å². The molecule has 0 bridgehead atoms. The van der Waals surface area contributed by atoms with Crippen LogP contribution in [-0.4, -0.2) is 4.98 Å². The predicted octanol–water partition coefficient (Wildman–Crippen LogP) is 2.04. The van der Waals surface area contributed by atoms with Crippen LogP contribution in [0, 0.1) is 12.8 Å². The Morgan fingerprint density at radius 3 is 2.75 bits per heavy atom. The lowest BCUT2D eigenvalue weighted by molar-refractivity contribution is 0.424. The van der Waals surface area contributed by atoms with Gasteiger partial charge in [0.05, 0.1) is 5.54 Å². The number of nitrogens with zero attached hydrogens (tertiary/aromatic N) is 1. The summed E-state index contributed by atoms with van der Waals surface area (Å²) in [5, 5.41) is 3.17. The monoisotopic (exact) mass is 182 g/mol. The average Bonchev–Trinajstić information content (AvgIpc) is 2.75. The normalized spacial score (nSPS) is 22.2. The molecule has 1 atom stereocenters. The maximum absolute atomic E-state index is 6.20. The first-order valence-electron chi connectivity index (χ1n) is 4.32. The quantitative estimate of drug-likeness (QED) is 0.760. The van der Waals surface area contributed by atoms with Crippen LogP contribution in [0.5, 0.6) is 0 Å². The van der Waals surface area contributed by atoms with Crippen molar-refractivity contribution in [2.45, 2.75) is 32.2 Å². The first-order valence-corrected chi connectivity index (χ1v) is 5.20. The highest BCUT2D eigenvalue weighted by Gasteiger charge is 2.41. The van der Waals surface area contributed by atoms with Crippen molar-refractivity contribution < 1.29 is 0 Å². The van der Waals surface area contributed by atoms with E-state index in [4.69, 9.17) is 5.73 Å². The summed E-state index contributed by atoms with van der Waals surface area (Å²) in [4.78, 5) is 4.44. The molecule has 3 heteroatoms. The van der Waals surface area contributed by atoms with Gasteiger partial charge in [-0.25, -0.2) is 4.98 Å². The molecule has 0 amide bonds. The van der Waals surface area contributed by atoms with E-state index in [2.05, 4.69) is 17.3 Å². The maximum Gasteiger partial charge on any atom is 0.113 e. The van der Waals surface area contributed by atoms with E-state index in [-0.39, 0.29) is 5.54 Å². The molecule has 1 saturated carbocycles. The van der Waals surface area contributed by atoms with Gasteiger partial charge in [0.25, 0.3) is 0 Å². The molecule has 0 saturated heterocycles. The Morgan fingerprint density at radius 1 is 1.67 bits per heavy atom. The molecule has 66 valence electrons. The summed E-state index contributed by atoms with van der Waals surface area (Å²) in [5.41, 5.74) is 7.13. The molecule has 2 nitrogen and oxygen atoms in total. The number of nitrogens with two attached hydrogens (primary N) is 1. The van der Waals surface area contributed by atoms with Crippen molar-refractivity contribution in [2.75, 3.05) is 0 Å². The van der Waals surface area contributed by atoms with Crippen LogP contribution >= 0.6 is 11.3 Å². The van der Waals surface area contributed by atoms with E-state index in [0.29, 0.717) is 5.92 Å². The first kappa shape index (κ1) is 8.20. The second-order valence-electron chi connectivity index (χ2n) is 3.85. The molecule has 0 spiro atoms. The molecule has 1 aromatic heterocycles. The summed E-state index contributed by atoms with van der Waals surface area (Å²) in [7, 11) is 0. The molecule has 0 radical (unpaired) electrons.